The van der Waals surface area contributed by atoms with Gasteiger partial charge in [0, 0.05) is 43.5 Å². The lowest BCUT2D eigenvalue weighted by Gasteiger charge is -2.35. The third-order valence-corrected chi connectivity index (χ3v) is 6.59. The van der Waals surface area contributed by atoms with Gasteiger partial charge in [-0.1, -0.05) is 6.07 Å². The Labute approximate surface area is 158 Å². The molecule has 0 amide bonds. The zero-order chi connectivity index (χ0) is 19.6. The molecule has 8 nitrogen and oxygen atoms in total. The number of methoxy groups -OCH3 is 1. The van der Waals surface area contributed by atoms with E-state index in [1.165, 1.54) is 16.4 Å². The maximum atomic E-state index is 12.9. The lowest BCUT2D eigenvalue weighted by Crippen LogP contribution is -2.48. The molecule has 1 fully saturated rings. The van der Waals surface area contributed by atoms with Gasteiger partial charge in [0.05, 0.1) is 16.9 Å². The number of piperazine rings is 1. The van der Waals surface area contributed by atoms with Crippen molar-refractivity contribution in [2.45, 2.75) is 11.8 Å². The molecule has 1 aliphatic heterocycles. The van der Waals surface area contributed by atoms with Crippen molar-refractivity contribution in [2.24, 2.45) is 0 Å². The Morgan fingerprint density at radius 3 is 2.22 bits per heavy atom. The van der Waals surface area contributed by atoms with E-state index in [9.17, 15) is 18.5 Å². The number of sulfonamides is 1. The van der Waals surface area contributed by atoms with Gasteiger partial charge in [-0.15, -0.1) is 0 Å². The number of hydrogen-bond acceptors (Lipinski definition) is 6. The summed E-state index contributed by atoms with van der Waals surface area (Å²) in [4.78, 5) is 12.6. The van der Waals surface area contributed by atoms with Crippen LogP contribution in [0.5, 0.6) is 5.75 Å². The van der Waals surface area contributed by atoms with E-state index in [1.807, 2.05) is 24.3 Å². The summed E-state index contributed by atoms with van der Waals surface area (Å²) in [5.41, 5.74) is 1.25. The third-order valence-electron chi connectivity index (χ3n) is 4.69. The van der Waals surface area contributed by atoms with Crippen molar-refractivity contribution < 1.29 is 18.1 Å². The van der Waals surface area contributed by atoms with Gasteiger partial charge in [0.25, 0.3) is 5.69 Å². The van der Waals surface area contributed by atoms with E-state index >= 15 is 0 Å². The molecule has 1 aliphatic rings. The number of nitro benzene ring substituents is 1. The standard InChI is InChI=1S/C18H21N3O5S/c1-14-3-8-17(13-18(14)21(22)23)27(24,25)20-11-9-19(10-12-20)15-4-6-16(26-2)7-5-15/h3-8,13H,9-12H2,1-2H3. The smallest absolute Gasteiger partial charge is 0.273 e. The maximum Gasteiger partial charge on any atom is 0.273 e. The molecule has 0 spiro atoms. The van der Waals surface area contributed by atoms with E-state index in [4.69, 9.17) is 4.74 Å². The monoisotopic (exact) mass is 391 g/mol. The average molecular weight is 391 g/mol. The van der Waals surface area contributed by atoms with Crippen LogP contribution in [0.25, 0.3) is 0 Å². The molecular weight excluding hydrogens is 370 g/mol. The summed E-state index contributed by atoms with van der Waals surface area (Å²) >= 11 is 0. The highest BCUT2D eigenvalue weighted by Gasteiger charge is 2.30. The Kier molecular flexibility index (Phi) is 5.33. The lowest BCUT2D eigenvalue weighted by atomic mass is 10.2. The predicted molar refractivity (Wildman–Crippen MR) is 102 cm³/mol. The van der Waals surface area contributed by atoms with Gasteiger partial charge in [-0.05, 0) is 37.3 Å². The molecule has 0 N–H and O–H groups in total. The van der Waals surface area contributed by atoms with Crippen LogP contribution in [-0.2, 0) is 10.0 Å². The van der Waals surface area contributed by atoms with E-state index in [2.05, 4.69) is 4.90 Å². The molecular formula is C18H21N3O5S. The normalized spacial score (nSPS) is 15.6. The van der Waals surface area contributed by atoms with Crippen LogP contribution >= 0.6 is 0 Å². The van der Waals surface area contributed by atoms with Gasteiger partial charge in [-0.3, -0.25) is 10.1 Å². The molecule has 3 rings (SSSR count). The van der Waals surface area contributed by atoms with Gasteiger partial charge in [0.15, 0.2) is 0 Å². The van der Waals surface area contributed by atoms with Crippen LogP contribution in [-0.4, -0.2) is 50.9 Å². The van der Waals surface area contributed by atoms with Gasteiger partial charge >= 0.3 is 0 Å². The van der Waals surface area contributed by atoms with Crippen molar-refractivity contribution in [2.75, 3.05) is 38.2 Å². The number of ether oxygens (including phenoxy) is 1. The molecule has 2 aromatic rings. The predicted octanol–water partition coefficient (Wildman–Crippen LogP) is 2.42. The fourth-order valence-corrected chi connectivity index (χ4v) is 4.52. The first-order valence-electron chi connectivity index (χ1n) is 8.47. The van der Waals surface area contributed by atoms with Crippen molar-refractivity contribution in [3.05, 3.63) is 58.1 Å². The quantitative estimate of drug-likeness (QED) is 0.574. The first-order valence-corrected chi connectivity index (χ1v) is 9.91. The lowest BCUT2D eigenvalue weighted by molar-refractivity contribution is -0.385. The molecule has 0 aliphatic carbocycles. The van der Waals surface area contributed by atoms with E-state index in [0.717, 1.165) is 17.5 Å². The summed E-state index contributed by atoms with van der Waals surface area (Å²) in [7, 11) is -2.16. The van der Waals surface area contributed by atoms with Gasteiger partial charge in [0.2, 0.25) is 10.0 Å². The molecule has 0 radical (unpaired) electrons. The fourth-order valence-electron chi connectivity index (χ4n) is 3.08. The molecule has 0 aromatic heterocycles. The van der Waals surface area contributed by atoms with Crippen molar-refractivity contribution in [1.82, 2.24) is 4.31 Å². The number of nitrogens with zero attached hydrogens (tertiary/aromatic N) is 3. The Hall–Kier alpha value is -2.65. The molecule has 0 atom stereocenters. The van der Waals surface area contributed by atoms with Gasteiger partial charge in [-0.25, -0.2) is 8.42 Å². The first-order chi connectivity index (χ1) is 12.8. The highest BCUT2D eigenvalue weighted by molar-refractivity contribution is 7.89. The summed E-state index contributed by atoms with van der Waals surface area (Å²) in [6, 6.07) is 11.6. The molecule has 27 heavy (non-hydrogen) atoms. The molecule has 0 saturated carbocycles. The largest absolute Gasteiger partial charge is 0.497 e. The fraction of sp³-hybridized carbons (Fsp3) is 0.333. The van der Waals surface area contributed by atoms with Crippen LogP contribution in [0.1, 0.15) is 5.56 Å². The molecule has 1 saturated heterocycles. The summed E-state index contributed by atoms with van der Waals surface area (Å²) < 4.78 is 32.3. The number of aryl methyl sites for hydroxylation is 1. The summed E-state index contributed by atoms with van der Waals surface area (Å²) in [6.45, 7) is 3.30. The summed E-state index contributed by atoms with van der Waals surface area (Å²) in [6.07, 6.45) is 0. The van der Waals surface area contributed by atoms with E-state index in [-0.39, 0.29) is 10.6 Å². The number of benzene rings is 2. The minimum atomic E-state index is -3.77. The maximum absolute atomic E-state index is 12.9. The van der Waals surface area contributed by atoms with Crippen molar-refractivity contribution in [3.63, 3.8) is 0 Å². The molecule has 144 valence electrons. The van der Waals surface area contributed by atoms with E-state index in [1.54, 1.807) is 14.0 Å². The Bertz CT molecular complexity index is 936. The second kappa shape index (κ2) is 7.53. The Morgan fingerprint density at radius 2 is 1.67 bits per heavy atom. The van der Waals surface area contributed by atoms with E-state index in [0.29, 0.717) is 31.7 Å². The van der Waals surface area contributed by atoms with Gasteiger partial charge in [-0.2, -0.15) is 4.31 Å². The second-order valence-corrected chi connectivity index (χ2v) is 8.23. The SMILES string of the molecule is COc1ccc(N2CCN(S(=O)(=O)c3ccc(C)c([N+](=O)[O-])c3)CC2)cc1. The zero-order valence-corrected chi connectivity index (χ0v) is 16.0. The van der Waals surface area contributed by atoms with E-state index < -0.39 is 14.9 Å². The topological polar surface area (TPSA) is 93.0 Å². The highest BCUT2D eigenvalue weighted by Crippen LogP contribution is 2.26. The minimum absolute atomic E-state index is 0.0438. The molecule has 0 unspecified atom stereocenters. The summed E-state index contributed by atoms with van der Waals surface area (Å²) in [5, 5.41) is 11.1. The van der Waals surface area contributed by atoms with Gasteiger partial charge < -0.3 is 9.64 Å². The number of nitro groups is 1. The van der Waals surface area contributed by atoms with Crippen LogP contribution in [0.2, 0.25) is 0 Å². The molecule has 2 aromatic carbocycles. The molecule has 9 heteroatoms. The van der Waals surface area contributed by atoms with Crippen LogP contribution in [0.15, 0.2) is 47.4 Å². The first kappa shape index (κ1) is 19.1. The summed E-state index contributed by atoms with van der Waals surface area (Å²) in [5.74, 6) is 0.765. The number of anilines is 1. The highest BCUT2D eigenvalue weighted by atomic mass is 32.2. The number of hydrogen-bond donors (Lipinski definition) is 0. The minimum Gasteiger partial charge on any atom is -0.497 e. The Balaban J connectivity index is 1.74. The molecule has 0 bridgehead atoms. The van der Waals surface area contributed by atoms with Crippen LogP contribution in [0, 0.1) is 17.0 Å². The van der Waals surface area contributed by atoms with Crippen molar-refractivity contribution in [3.8, 4) is 5.75 Å². The average Bonchev–Trinajstić information content (AvgIpc) is 2.68. The van der Waals surface area contributed by atoms with Crippen LogP contribution in [0.4, 0.5) is 11.4 Å². The van der Waals surface area contributed by atoms with Crippen molar-refractivity contribution in [1.29, 1.82) is 0 Å². The zero-order valence-electron chi connectivity index (χ0n) is 15.2. The second-order valence-electron chi connectivity index (χ2n) is 6.29. The Morgan fingerprint density at radius 1 is 1.04 bits per heavy atom. The van der Waals surface area contributed by atoms with Crippen molar-refractivity contribution >= 4 is 21.4 Å². The molecule has 1 heterocycles. The van der Waals surface area contributed by atoms with Crippen LogP contribution < -0.4 is 9.64 Å². The van der Waals surface area contributed by atoms with Gasteiger partial charge in [0.1, 0.15) is 5.75 Å². The van der Waals surface area contributed by atoms with Crippen LogP contribution in [0.3, 0.4) is 0 Å². The third kappa shape index (κ3) is 3.88. The number of rotatable bonds is 5.